The summed E-state index contributed by atoms with van der Waals surface area (Å²) in [5.41, 5.74) is 2.40. The van der Waals surface area contributed by atoms with Gasteiger partial charge in [0.25, 0.3) is 0 Å². The molecule has 0 radical (unpaired) electrons. The van der Waals surface area contributed by atoms with Gasteiger partial charge < -0.3 is 4.57 Å². The van der Waals surface area contributed by atoms with Crippen LogP contribution in [0.25, 0.3) is 11.3 Å². The molecular formula is C12H12Cl2N2. The molecule has 0 N–H and O–H groups in total. The fourth-order valence-corrected chi connectivity index (χ4v) is 2.24. The summed E-state index contributed by atoms with van der Waals surface area (Å²) < 4.78 is 2.29. The summed E-state index contributed by atoms with van der Waals surface area (Å²) in [7, 11) is 0. The van der Waals surface area contributed by atoms with Crippen molar-refractivity contribution >= 4 is 24.0 Å². The van der Waals surface area contributed by atoms with E-state index in [0.717, 1.165) is 18.0 Å². The number of fused-ring (bicyclic) bond motifs is 1. The van der Waals surface area contributed by atoms with Gasteiger partial charge in [0.15, 0.2) is 0 Å². The molecule has 16 heavy (non-hydrogen) atoms. The molecule has 0 atom stereocenters. The third-order valence-electron chi connectivity index (χ3n) is 2.86. The Bertz CT molecular complexity index is 488. The van der Waals surface area contributed by atoms with Crippen molar-refractivity contribution in [3.05, 3.63) is 41.3 Å². The van der Waals surface area contributed by atoms with Gasteiger partial charge in [-0.25, -0.2) is 4.98 Å². The van der Waals surface area contributed by atoms with E-state index >= 15 is 0 Å². The monoisotopic (exact) mass is 254 g/mol. The van der Waals surface area contributed by atoms with Gasteiger partial charge in [-0.3, -0.25) is 0 Å². The van der Waals surface area contributed by atoms with Gasteiger partial charge in [0, 0.05) is 18.0 Å². The fraction of sp³-hybridized carbons (Fsp3) is 0.250. The van der Waals surface area contributed by atoms with E-state index in [9.17, 15) is 0 Å². The Morgan fingerprint density at radius 1 is 1.19 bits per heavy atom. The molecule has 2 nitrogen and oxygen atoms in total. The van der Waals surface area contributed by atoms with Gasteiger partial charge in [-0.2, -0.15) is 0 Å². The van der Waals surface area contributed by atoms with Crippen LogP contribution < -0.4 is 0 Å². The number of hydrogen-bond acceptors (Lipinski definition) is 1. The topological polar surface area (TPSA) is 17.8 Å². The maximum Gasteiger partial charge on any atom is 0.109 e. The summed E-state index contributed by atoms with van der Waals surface area (Å²) in [4.78, 5) is 4.43. The van der Waals surface area contributed by atoms with Gasteiger partial charge in [-0.15, -0.1) is 12.4 Å². The van der Waals surface area contributed by atoms with E-state index in [1.54, 1.807) is 0 Å². The Balaban J connectivity index is 0.000000963. The van der Waals surface area contributed by atoms with E-state index in [2.05, 4.69) is 9.55 Å². The number of hydrogen-bond donors (Lipinski definition) is 0. The van der Waals surface area contributed by atoms with Crippen molar-refractivity contribution in [3.8, 4) is 11.3 Å². The number of imidazole rings is 1. The molecule has 84 valence electrons. The van der Waals surface area contributed by atoms with Crippen molar-refractivity contribution in [2.24, 2.45) is 0 Å². The van der Waals surface area contributed by atoms with Crippen LogP contribution in [-0.4, -0.2) is 9.55 Å². The molecule has 0 bridgehead atoms. The zero-order valence-electron chi connectivity index (χ0n) is 8.69. The molecule has 0 aliphatic carbocycles. The zero-order chi connectivity index (χ0) is 10.3. The minimum atomic E-state index is 0. The van der Waals surface area contributed by atoms with Crippen molar-refractivity contribution in [1.29, 1.82) is 0 Å². The highest BCUT2D eigenvalue weighted by molar-refractivity contribution is 6.30. The van der Waals surface area contributed by atoms with Crippen LogP contribution in [0.3, 0.4) is 0 Å². The predicted molar refractivity (Wildman–Crippen MR) is 68.2 cm³/mol. The molecule has 3 rings (SSSR count). The molecule has 1 aliphatic rings. The first-order valence-electron chi connectivity index (χ1n) is 5.15. The molecule has 0 unspecified atom stereocenters. The highest BCUT2D eigenvalue weighted by Gasteiger charge is 2.15. The molecule has 0 spiro atoms. The molecule has 1 aliphatic heterocycles. The van der Waals surface area contributed by atoms with E-state index in [4.69, 9.17) is 11.6 Å². The normalized spacial score (nSPS) is 13.3. The van der Waals surface area contributed by atoms with Crippen molar-refractivity contribution in [3.63, 3.8) is 0 Å². The van der Waals surface area contributed by atoms with Gasteiger partial charge in [0.1, 0.15) is 5.82 Å². The first-order valence-corrected chi connectivity index (χ1v) is 5.53. The number of aromatic nitrogens is 2. The number of nitrogens with zero attached hydrogens (tertiary/aromatic N) is 2. The minimum Gasteiger partial charge on any atom is -0.328 e. The molecule has 2 aromatic rings. The van der Waals surface area contributed by atoms with Crippen LogP contribution >= 0.6 is 24.0 Å². The quantitative estimate of drug-likeness (QED) is 0.761. The highest BCUT2D eigenvalue weighted by atomic mass is 35.5. The lowest BCUT2D eigenvalue weighted by Crippen LogP contribution is -1.94. The highest BCUT2D eigenvalue weighted by Crippen LogP contribution is 2.26. The van der Waals surface area contributed by atoms with Crippen molar-refractivity contribution in [1.82, 2.24) is 9.55 Å². The first-order chi connectivity index (χ1) is 7.34. The van der Waals surface area contributed by atoms with Gasteiger partial charge in [0.2, 0.25) is 0 Å². The molecule has 0 amide bonds. The second-order valence-corrected chi connectivity index (χ2v) is 4.26. The molecule has 0 saturated carbocycles. The van der Waals surface area contributed by atoms with E-state index in [1.807, 2.05) is 30.5 Å². The van der Waals surface area contributed by atoms with Crippen LogP contribution in [0.15, 0.2) is 30.5 Å². The van der Waals surface area contributed by atoms with Crippen LogP contribution in [0.2, 0.25) is 5.02 Å². The van der Waals surface area contributed by atoms with Gasteiger partial charge >= 0.3 is 0 Å². The molecular weight excluding hydrogens is 243 g/mol. The molecule has 2 heterocycles. The van der Waals surface area contributed by atoms with Crippen molar-refractivity contribution in [2.75, 3.05) is 0 Å². The Morgan fingerprint density at radius 2 is 1.94 bits per heavy atom. The van der Waals surface area contributed by atoms with Gasteiger partial charge in [-0.05, 0) is 24.1 Å². The lowest BCUT2D eigenvalue weighted by molar-refractivity contribution is 0.756. The molecule has 1 aromatic carbocycles. The van der Waals surface area contributed by atoms with E-state index in [-0.39, 0.29) is 12.4 Å². The summed E-state index contributed by atoms with van der Waals surface area (Å²) in [5, 5.41) is 0.778. The lowest BCUT2D eigenvalue weighted by atomic mass is 10.2. The van der Waals surface area contributed by atoms with Crippen molar-refractivity contribution in [2.45, 2.75) is 19.4 Å². The first kappa shape index (κ1) is 11.5. The van der Waals surface area contributed by atoms with Crippen LogP contribution in [0.1, 0.15) is 12.2 Å². The second-order valence-electron chi connectivity index (χ2n) is 3.82. The smallest absolute Gasteiger partial charge is 0.109 e. The van der Waals surface area contributed by atoms with Gasteiger partial charge in [-0.1, -0.05) is 23.7 Å². The van der Waals surface area contributed by atoms with Crippen LogP contribution in [0, 0.1) is 0 Å². The maximum absolute atomic E-state index is 5.87. The standard InChI is InChI=1S/C12H11ClN2.ClH/c13-10-5-3-9(4-6-10)11-8-14-12-2-1-7-15(11)12;/h3-6,8H,1-2,7H2;1H. The summed E-state index contributed by atoms with van der Waals surface area (Å²) in [6.07, 6.45) is 4.27. The predicted octanol–water partition coefficient (Wildman–Crippen LogP) is 3.57. The third-order valence-corrected chi connectivity index (χ3v) is 3.11. The van der Waals surface area contributed by atoms with Crippen molar-refractivity contribution < 1.29 is 0 Å². The van der Waals surface area contributed by atoms with Crippen LogP contribution in [0.5, 0.6) is 0 Å². The molecule has 4 heteroatoms. The van der Waals surface area contributed by atoms with Crippen LogP contribution in [-0.2, 0) is 13.0 Å². The summed E-state index contributed by atoms with van der Waals surface area (Å²) in [6, 6.07) is 7.94. The summed E-state index contributed by atoms with van der Waals surface area (Å²) >= 11 is 5.87. The lowest BCUT2D eigenvalue weighted by Gasteiger charge is -2.04. The number of rotatable bonds is 1. The Kier molecular flexibility index (Phi) is 3.22. The molecule has 0 saturated heterocycles. The van der Waals surface area contributed by atoms with E-state index in [1.165, 1.54) is 23.5 Å². The number of halogens is 2. The van der Waals surface area contributed by atoms with Gasteiger partial charge in [0.05, 0.1) is 11.9 Å². The average molecular weight is 255 g/mol. The molecule has 0 fully saturated rings. The van der Waals surface area contributed by atoms with Crippen LogP contribution in [0.4, 0.5) is 0 Å². The summed E-state index contributed by atoms with van der Waals surface area (Å²) in [5.74, 6) is 1.21. The Hall–Kier alpha value is -0.990. The van der Waals surface area contributed by atoms with E-state index in [0.29, 0.717) is 0 Å². The second kappa shape index (κ2) is 4.48. The maximum atomic E-state index is 5.87. The largest absolute Gasteiger partial charge is 0.328 e. The Labute approximate surface area is 106 Å². The third kappa shape index (κ3) is 1.83. The van der Waals surface area contributed by atoms with E-state index < -0.39 is 0 Å². The average Bonchev–Trinajstić information content (AvgIpc) is 2.80. The summed E-state index contributed by atoms with van der Waals surface area (Å²) in [6.45, 7) is 1.09. The fourth-order valence-electron chi connectivity index (χ4n) is 2.11. The number of aryl methyl sites for hydroxylation is 1. The SMILES string of the molecule is Cl.Clc1ccc(-c2cnc3n2CCC3)cc1. The Morgan fingerprint density at radius 3 is 2.69 bits per heavy atom. The zero-order valence-corrected chi connectivity index (χ0v) is 10.3. The minimum absolute atomic E-state index is 0. The molecule has 1 aromatic heterocycles. The number of benzene rings is 1.